The van der Waals surface area contributed by atoms with Gasteiger partial charge in [0.2, 0.25) is 0 Å². The van der Waals surface area contributed by atoms with Crippen LogP contribution in [0.25, 0.3) is 5.65 Å². The lowest BCUT2D eigenvalue weighted by Gasteiger charge is -2.26. The minimum Gasteiger partial charge on any atom is -0.303 e. The minimum atomic E-state index is 0.0521. The number of hydrogen-bond donors (Lipinski definition) is 0. The lowest BCUT2D eigenvalue weighted by Crippen LogP contribution is -2.23. The molecule has 2 heterocycles. The molecule has 21 heavy (non-hydrogen) atoms. The molecule has 0 aromatic carbocycles. The molecule has 2 aromatic rings. The second kappa shape index (κ2) is 4.59. The number of hydrogen-bond acceptors (Lipinski definition) is 1. The van der Waals surface area contributed by atoms with Crippen LogP contribution in [-0.2, 0) is 16.2 Å². The van der Waals surface area contributed by atoms with E-state index in [1.165, 1.54) is 17.0 Å². The highest BCUT2D eigenvalue weighted by atomic mass is 15.0. The van der Waals surface area contributed by atoms with Gasteiger partial charge >= 0.3 is 0 Å². The third-order valence-corrected chi connectivity index (χ3v) is 3.91. The fourth-order valence-corrected chi connectivity index (χ4v) is 2.75. The zero-order chi connectivity index (χ0) is 16.2. The van der Waals surface area contributed by atoms with Crippen molar-refractivity contribution in [3.63, 3.8) is 0 Å². The zero-order valence-electron chi connectivity index (χ0n) is 15.1. The van der Waals surface area contributed by atoms with E-state index in [9.17, 15) is 0 Å². The summed E-state index contributed by atoms with van der Waals surface area (Å²) in [4.78, 5) is 4.99. The molecule has 0 fully saturated rings. The van der Waals surface area contributed by atoms with Gasteiger partial charge in [0.05, 0.1) is 11.4 Å². The Balaban J connectivity index is 2.80. The van der Waals surface area contributed by atoms with Gasteiger partial charge in [-0.25, -0.2) is 4.98 Å². The van der Waals surface area contributed by atoms with Gasteiger partial charge in [0.25, 0.3) is 0 Å². The Morgan fingerprint density at radius 1 is 0.810 bits per heavy atom. The van der Waals surface area contributed by atoms with Crippen LogP contribution in [0.15, 0.2) is 18.3 Å². The Labute approximate surface area is 129 Å². The van der Waals surface area contributed by atoms with Gasteiger partial charge in [0, 0.05) is 17.0 Å². The molecule has 0 N–H and O–H groups in total. The van der Waals surface area contributed by atoms with E-state index >= 15 is 0 Å². The van der Waals surface area contributed by atoms with Gasteiger partial charge in [0.15, 0.2) is 0 Å². The SMILES string of the molecule is CC(C)(C)c1ccn2c(C(C)(C)C)c(C(C)(C)C)nc2c1. The summed E-state index contributed by atoms with van der Waals surface area (Å²) < 4.78 is 2.27. The van der Waals surface area contributed by atoms with Crippen molar-refractivity contribution in [1.82, 2.24) is 9.38 Å². The predicted molar refractivity (Wildman–Crippen MR) is 91.3 cm³/mol. The largest absolute Gasteiger partial charge is 0.303 e. The van der Waals surface area contributed by atoms with Crippen molar-refractivity contribution in [1.29, 1.82) is 0 Å². The molecule has 0 unspecified atom stereocenters. The van der Waals surface area contributed by atoms with Gasteiger partial charge in [0.1, 0.15) is 5.65 Å². The maximum Gasteiger partial charge on any atom is 0.137 e. The number of aromatic nitrogens is 2. The van der Waals surface area contributed by atoms with Gasteiger partial charge in [-0.05, 0) is 23.1 Å². The highest BCUT2D eigenvalue weighted by Gasteiger charge is 2.30. The molecule has 0 atom stereocenters. The van der Waals surface area contributed by atoms with Crippen molar-refractivity contribution in [2.75, 3.05) is 0 Å². The third-order valence-electron chi connectivity index (χ3n) is 3.91. The second-order valence-electron chi connectivity index (χ2n) is 9.20. The average molecular weight is 286 g/mol. The van der Waals surface area contributed by atoms with E-state index in [-0.39, 0.29) is 16.2 Å². The molecule has 2 nitrogen and oxygen atoms in total. The van der Waals surface area contributed by atoms with Crippen molar-refractivity contribution in [3.05, 3.63) is 35.3 Å². The molecular formula is C19H30N2. The Morgan fingerprint density at radius 2 is 1.38 bits per heavy atom. The third kappa shape index (κ3) is 3.00. The van der Waals surface area contributed by atoms with Gasteiger partial charge in [-0.2, -0.15) is 0 Å². The van der Waals surface area contributed by atoms with Crippen LogP contribution in [0.5, 0.6) is 0 Å². The Bertz CT molecular complexity index is 656. The minimum absolute atomic E-state index is 0.0521. The molecule has 0 radical (unpaired) electrons. The van der Waals surface area contributed by atoms with E-state index in [2.05, 4.69) is 85.0 Å². The number of rotatable bonds is 0. The quantitative estimate of drug-likeness (QED) is 0.648. The summed E-state index contributed by atoms with van der Waals surface area (Å²) in [7, 11) is 0. The van der Waals surface area contributed by atoms with Gasteiger partial charge in [-0.3, -0.25) is 0 Å². The average Bonchev–Trinajstić information content (AvgIpc) is 2.64. The molecule has 0 amide bonds. The first-order chi connectivity index (χ1) is 9.32. The molecule has 0 spiro atoms. The normalized spacial score (nSPS) is 14.0. The van der Waals surface area contributed by atoms with E-state index in [1.807, 2.05) is 0 Å². The molecule has 2 aromatic heterocycles. The van der Waals surface area contributed by atoms with E-state index in [4.69, 9.17) is 4.98 Å². The molecule has 0 aliphatic rings. The molecule has 0 aliphatic heterocycles. The summed E-state index contributed by atoms with van der Waals surface area (Å²) in [6, 6.07) is 4.47. The van der Waals surface area contributed by atoms with Crippen LogP contribution < -0.4 is 0 Å². The Morgan fingerprint density at radius 3 is 1.81 bits per heavy atom. The standard InChI is InChI=1S/C19H30N2/c1-17(2,3)13-10-11-21-14(12-13)20-15(18(4,5)6)16(21)19(7,8)9/h10-12H,1-9H3. The summed E-state index contributed by atoms with van der Waals surface area (Å²) in [5.41, 5.74) is 5.21. The van der Waals surface area contributed by atoms with Gasteiger partial charge < -0.3 is 4.40 Å². The van der Waals surface area contributed by atoms with Crippen LogP contribution in [-0.4, -0.2) is 9.38 Å². The fourth-order valence-electron chi connectivity index (χ4n) is 2.75. The fraction of sp³-hybridized carbons (Fsp3) is 0.632. The maximum atomic E-state index is 4.99. The molecule has 0 aliphatic carbocycles. The first kappa shape index (κ1) is 16.1. The second-order valence-corrected chi connectivity index (χ2v) is 9.20. The summed E-state index contributed by atoms with van der Waals surface area (Å²) in [5, 5.41) is 0. The molecular weight excluding hydrogens is 256 g/mol. The van der Waals surface area contributed by atoms with Crippen LogP contribution in [0.4, 0.5) is 0 Å². The van der Waals surface area contributed by atoms with Crippen LogP contribution in [0.2, 0.25) is 0 Å². The first-order valence-electron chi connectivity index (χ1n) is 7.85. The monoisotopic (exact) mass is 286 g/mol. The summed E-state index contributed by atoms with van der Waals surface area (Å²) in [6.45, 7) is 20.3. The van der Waals surface area contributed by atoms with Crippen LogP contribution in [0, 0.1) is 0 Å². The highest BCUT2D eigenvalue weighted by Crippen LogP contribution is 2.35. The Kier molecular flexibility index (Phi) is 3.51. The predicted octanol–water partition coefficient (Wildman–Crippen LogP) is 5.23. The van der Waals surface area contributed by atoms with E-state index in [0.29, 0.717) is 0 Å². The number of nitrogens with zero attached hydrogens (tertiary/aromatic N) is 2. The summed E-state index contributed by atoms with van der Waals surface area (Å²) >= 11 is 0. The van der Waals surface area contributed by atoms with Gasteiger partial charge in [-0.1, -0.05) is 62.3 Å². The summed E-state index contributed by atoms with van der Waals surface area (Å²) in [5.74, 6) is 0. The van der Waals surface area contributed by atoms with E-state index in [0.717, 1.165) is 5.65 Å². The smallest absolute Gasteiger partial charge is 0.137 e. The molecule has 2 heteroatoms. The first-order valence-corrected chi connectivity index (χ1v) is 7.85. The molecule has 116 valence electrons. The van der Waals surface area contributed by atoms with Crippen LogP contribution >= 0.6 is 0 Å². The lowest BCUT2D eigenvalue weighted by molar-refractivity contribution is 0.506. The number of pyridine rings is 1. The topological polar surface area (TPSA) is 17.3 Å². The van der Waals surface area contributed by atoms with E-state index < -0.39 is 0 Å². The lowest BCUT2D eigenvalue weighted by atomic mass is 9.82. The van der Waals surface area contributed by atoms with Crippen LogP contribution in [0.1, 0.15) is 79.3 Å². The molecule has 0 saturated heterocycles. The Hall–Kier alpha value is -1.31. The van der Waals surface area contributed by atoms with Crippen molar-refractivity contribution in [2.24, 2.45) is 0 Å². The molecule has 2 rings (SSSR count). The zero-order valence-corrected chi connectivity index (χ0v) is 15.1. The molecule has 0 saturated carbocycles. The number of fused-ring (bicyclic) bond motifs is 1. The van der Waals surface area contributed by atoms with Crippen LogP contribution in [0.3, 0.4) is 0 Å². The highest BCUT2D eigenvalue weighted by molar-refractivity contribution is 5.50. The van der Waals surface area contributed by atoms with E-state index in [1.54, 1.807) is 0 Å². The van der Waals surface area contributed by atoms with Crippen molar-refractivity contribution < 1.29 is 0 Å². The van der Waals surface area contributed by atoms with Crippen molar-refractivity contribution in [2.45, 2.75) is 78.6 Å². The van der Waals surface area contributed by atoms with Gasteiger partial charge in [-0.15, -0.1) is 0 Å². The molecule has 0 bridgehead atoms. The summed E-state index contributed by atoms with van der Waals surface area (Å²) in [6.07, 6.45) is 2.19. The maximum absolute atomic E-state index is 4.99. The number of imidazole rings is 1. The van der Waals surface area contributed by atoms with Crippen molar-refractivity contribution in [3.8, 4) is 0 Å². The van der Waals surface area contributed by atoms with Crippen molar-refractivity contribution >= 4 is 5.65 Å².